The topological polar surface area (TPSA) is 38.7 Å². The molecule has 34 heavy (non-hydrogen) atoms. The van der Waals surface area contributed by atoms with Crippen molar-refractivity contribution in [3.63, 3.8) is 0 Å². The zero-order valence-electron chi connectivity index (χ0n) is 24.4. The van der Waals surface area contributed by atoms with E-state index in [0.29, 0.717) is 12.3 Å². The van der Waals surface area contributed by atoms with Crippen LogP contribution in [0.1, 0.15) is 170 Å². The Bertz CT molecular complexity index is 401. The quantitative estimate of drug-likeness (QED) is 0.0940. The summed E-state index contributed by atoms with van der Waals surface area (Å²) < 4.78 is 12.7. The van der Waals surface area contributed by atoms with Crippen molar-refractivity contribution in [3.8, 4) is 0 Å². The molecule has 0 saturated heterocycles. The van der Waals surface area contributed by atoms with Gasteiger partial charge in [-0.2, -0.15) is 0 Å². The van der Waals surface area contributed by atoms with Crippen molar-refractivity contribution in [3.05, 3.63) is 0 Å². The number of rotatable bonds is 26. The van der Waals surface area contributed by atoms with E-state index in [0.717, 1.165) is 12.8 Å². The molecule has 208 valence electrons. The Morgan fingerprint density at radius 2 is 0.676 bits per heavy atom. The Labute approximate surface area is 215 Å². The van der Waals surface area contributed by atoms with E-state index in [-0.39, 0.29) is 12.2 Å². The maximum atomic E-state index is 12.0. The van der Waals surface area contributed by atoms with Gasteiger partial charge in [0.05, 0.1) is 0 Å². The molecule has 1 N–H and O–H groups in total. The average molecular weight is 505 g/mol. The average Bonchev–Trinajstić information content (AvgIpc) is 2.75. The third-order valence-corrected chi connectivity index (χ3v) is 11.0. The fourth-order valence-electron chi connectivity index (χ4n) is 5.13. The predicted molar refractivity (Wildman–Crippen MR) is 155 cm³/mol. The summed E-state index contributed by atoms with van der Waals surface area (Å²) in [5.41, 5.74) is 0. The number of hydrogen-bond acceptors (Lipinski definition) is 3. The summed E-state index contributed by atoms with van der Waals surface area (Å²) >= 11 is 0. The Morgan fingerprint density at radius 3 is 0.912 bits per heavy atom. The zero-order chi connectivity index (χ0) is 25.6. The Morgan fingerprint density at radius 1 is 0.441 bits per heavy atom. The molecule has 0 radical (unpaired) electrons. The van der Waals surface area contributed by atoms with Crippen LogP contribution in [0.3, 0.4) is 0 Å². The van der Waals surface area contributed by atoms with Gasteiger partial charge in [-0.15, -0.1) is 0 Å². The number of hydrogen-bond donors (Lipinski definition) is 1. The molecule has 0 bridgehead atoms. The van der Waals surface area contributed by atoms with Gasteiger partial charge in [0, 0.05) is 0 Å². The van der Waals surface area contributed by atoms with Crippen LogP contribution >= 0.6 is 7.28 Å². The predicted octanol–water partition coefficient (Wildman–Crippen LogP) is 11.0. The SMILES string of the molecule is CCCCCCCCCCCCP(O)(CCCCCCCCCCCC)(OC(C)C)OC(C)C. The van der Waals surface area contributed by atoms with Crippen LogP contribution in [-0.2, 0) is 9.05 Å². The van der Waals surface area contributed by atoms with Gasteiger partial charge in [0.15, 0.2) is 0 Å². The molecule has 0 aromatic carbocycles. The van der Waals surface area contributed by atoms with Crippen LogP contribution in [0.2, 0.25) is 0 Å². The molecule has 0 aromatic rings. The second kappa shape index (κ2) is 21.4. The van der Waals surface area contributed by atoms with Crippen LogP contribution in [0.15, 0.2) is 0 Å². The van der Waals surface area contributed by atoms with E-state index in [1.54, 1.807) is 0 Å². The summed E-state index contributed by atoms with van der Waals surface area (Å²) in [4.78, 5) is 12.0. The summed E-state index contributed by atoms with van der Waals surface area (Å²) in [5, 5.41) is 0. The summed E-state index contributed by atoms with van der Waals surface area (Å²) in [6.45, 7) is 12.7. The van der Waals surface area contributed by atoms with E-state index < -0.39 is 7.28 Å². The van der Waals surface area contributed by atoms with Gasteiger partial charge in [-0.3, -0.25) is 0 Å². The van der Waals surface area contributed by atoms with Gasteiger partial charge >= 0.3 is 216 Å². The van der Waals surface area contributed by atoms with Crippen LogP contribution < -0.4 is 0 Å². The van der Waals surface area contributed by atoms with E-state index in [9.17, 15) is 4.89 Å². The molecule has 0 atom stereocenters. The van der Waals surface area contributed by atoms with Gasteiger partial charge in [0.1, 0.15) is 0 Å². The van der Waals surface area contributed by atoms with Crippen LogP contribution in [0.5, 0.6) is 0 Å². The van der Waals surface area contributed by atoms with Crippen LogP contribution in [0, 0.1) is 0 Å². The zero-order valence-corrected chi connectivity index (χ0v) is 25.3. The fraction of sp³-hybridized carbons (Fsp3) is 1.00. The van der Waals surface area contributed by atoms with Gasteiger partial charge in [0.25, 0.3) is 0 Å². The molecule has 0 aliphatic heterocycles. The van der Waals surface area contributed by atoms with Gasteiger partial charge in [-0.05, 0) is 0 Å². The third-order valence-electron chi connectivity index (χ3n) is 6.80. The van der Waals surface area contributed by atoms with Crippen molar-refractivity contribution >= 4 is 7.28 Å². The molecule has 0 amide bonds. The summed E-state index contributed by atoms with van der Waals surface area (Å²) in [6, 6.07) is 0. The molecular weight excluding hydrogens is 439 g/mol. The van der Waals surface area contributed by atoms with Crippen molar-refractivity contribution in [2.75, 3.05) is 12.3 Å². The first-order chi connectivity index (χ1) is 16.3. The monoisotopic (exact) mass is 504 g/mol. The summed E-state index contributed by atoms with van der Waals surface area (Å²) in [6.07, 6.45) is 27.4. The molecule has 0 heterocycles. The van der Waals surface area contributed by atoms with Crippen LogP contribution in [0.25, 0.3) is 0 Å². The first-order valence-electron chi connectivity index (χ1n) is 15.4. The van der Waals surface area contributed by atoms with Crippen molar-refractivity contribution in [1.29, 1.82) is 0 Å². The first kappa shape index (κ1) is 34.3. The normalized spacial score (nSPS) is 13.6. The van der Waals surface area contributed by atoms with E-state index >= 15 is 0 Å². The van der Waals surface area contributed by atoms with E-state index in [1.807, 2.05) is 27.7 Å². The Kier molecular flexibility index (Phi) is 21.6. The minimum atomic E-state index is -3.60. The minimum absolute atomic E-state index is 0.00680. The third kappa shape index (κ3) is 19.5. The van der Waals surface area contributed by atoms with E-state index in [2.05, 4.69) is 13.8 Å². The molecule has 0 spiro atoms. The molecule has 0 aliphatic rings. The summed E-state index contributed by atoms with van der Waals surface area (Å²) in [7, 11) is -3.60. The molecule has 0 unspecified atom stereocenters. The first-order valence-corrected chi connectivity index (χ1v) is 17.8. The van der Waals surface area contributed by atoms with E-state index in [1.165, 1.54) is 116 Å². The fourth-order valence-corrected chi connectivity index (χ4v) is 9.43. The second-order valence-electron chi connectivity index (χ2n) is 11.4. The molecule has 0 fully saturated rings. The van der Waals surface area contributed by atoms with E-state index in [4.69, 9.17) is 9.05 Å². The molecule has 0 saturated carbocycles. The molecule has 0 rings (SSSR count). The second-order valence-corrected chi connectivity index (χ2v) is 15.2. The van der Waals surface area contributed by atoms with Crippen molar-refractivity contribution in [2.45, 2.75) is 182 Å². The Balaban J connectivity index is 4.44. The molecule has 0 aliphatic carbocycles. The van der Waals surface area contributed by atoms with Crippen LogP contribution in [0.4, 0.5) is 0 Å². The van der Waals surface area contributed by atoms with Crippen molar-refractivity contribution in [1.82, 2.24) is 0 Å². The van der Waals surface area contributed by atoms with Crippen LogP contribution in [-0.4, -0.2) is 29.4 Å². The van der Waals surface area contributed by atoms with Gasteiger partial charge in [-0.25, -0.2) is 0 Å². The molecular formula is C30H65O3P. The number of unbranched alkanes of at least 4 members (excludes halogenated alkanes) is 18. The maximum absolute atomic E-state index is 12.0. The molecule has 0 aromatic heterocycles. The summed E-state index contributed by atoms with van der Waals surface area (Å²) in [5.74, 6) is 0. The van der Waals surface area contributed by atoms with Crippen molar-refractivity contribution in [2.24, 2.45) is 0 Å². The molecule has 4 heteroatoms. The van der Waals surface area contributed by atoms with Gasteiger partial charge in [-0.1, -0.05) is 0 Å². The standard InChI is InChI=1S/C30H65O3P/c1-7-9-11-13-15-17-19-21-23-25-27-34(31,32-29(3)4,33-30(5)6)28-26-24-22-20-18-16-14-12-10-8-2/h29-31H,7-28H2,1-6H3. The molecule has 3 nitrogen and oxygen atoms in total. The van der Waals surface area contributed by atoms with Gasteiger partial charge < -0.3 is 0 Å². The van der Waals surface area contributed by atoms with Crippen molar-refractivity contribution < 1.29 is 13.9 Å². The van der Waals surface area contributed by atoms with Gasteiger partial charge in [0.2, 0.25) is 0 Å². The Hall–Kier alpha value is 0.310.